The van der Waals surface area contributed by atoms with E-state index >= 15 is 0 Å². The van der Waals surface area contributed by atoms with Gasteiger partial charge < -0.3 is 18.9 Å². The standard InChI is InChI=1S/C22H20ClNO5/c1-26-16-6-7-17-14(10-16)9-13(22(23)24-17)5-8-18(25)15-11-19(27-2)21(29-4)20(12-15)28-3/h5-12H,1-4H3/b8-5+. The number of fused-ring (bicyclic) bond motifs is 1. The summed E-state index contributed by atoms with van der Waals surface area (Å²) in [6.45, 7) is 0. The lowest BCUT2D eigenvalue weighted by atomic mass is 10.1. The maximum Gasteiger partial charge on any atom is 0.203 e. The van der Waals surface area contributed by atoms with Crippen LogP contribution in [0.1, 0.15) is 15.9 Å². The second kappa shape index (κ2) is 8.84. The largest absolute Gasteiger partial charge is 0.497 e. The molecular weight excluding hydrogens is 394 g/mol. The van der Waals surface area contributed by atoms with Crippen LogP contribution >= 0.6 is 11.6 Å². The number of hydrogen-bond acceptors (Lipinski definition) is 6. The number of allylic oxidation sites excluding steroid dienone is 1. The Morgan fingerprint density at radius 2 is 1.62 bits per heavy atom. The molecule has 3 aromatic rings. The van der Waals surface area contributed by atoms with Gasteiger partial charge in [-0.3, -0.25) is 4.79 Å². The van der Waals surface area contributed by atoms with Crippen LogP contribution in [0.15, 0.2) is 42.5 Å². The molecule has 0 aliphatic rings. The van der Waals surface area contributed by atoms with E-state index in [1.807, 2.05) is 24.3 Å². The van der Waals surface area contributed by atoms with Gasteiger partial charge in [-0.2, -0.15) is 0 Å². The summed E-state index contributed by atoms with van der Waals surface area (Å²) >= 11 is 6.28. The summed E-state index contributed by atoms with van der Waals surface area (Å²) in [5, 5.41) is 1.16. The molecule has 0 amide bonds. The molecule has 0 bridgehead atoms. The van der Waals surface area contributed by atoms with Gasteiger partial charge in [0.25, 0.3) is 0 Å². The van der Waals surface area contributed by atoms with Gasteiger partial charge in [-0.15, -0.1) is 0 Å². The molecule has 3 rings (SSSR count). The lowest BCUT2D eigenvalue weighted by Crippen LogP contribution is -2.00. The number of rotatable bonds is 7. The van der Waals surface area contributed by atoms with E-state index < -0.39 is 0 Å². The van der Waals surface area contributed by atoms with Crippen molar-refractivity contribution in [2.45, 2.75) is 0 Å². The van der Waals surface area contributed by atoms with Crippen molar-refractivity contribution in [1.29, 1.82) is 0 Å². The van der Waals surface area contributed by atoms with Gasteiger partial charge in [0.1, 0.15) is 10.9 Å². The van der Waals surface area contributed by atoms with E-state index in [-0.39, 0.29) is 5.78 Å². The molecule has 6 nitrogen and oxygen atoms in total. The smallest absolute Gasteiger partial charge is 0.203 e. The molecule has 0 saturated heterocycles. The van der Waals surface area contributed by atoms with E-state index in [1.165, 1.54) is 27.4 Å². The molecular formula is C22H20ClNO5. The average molecular weight is 414 g/mol. The fourth-order valence-electron chi connectivity index (χ4n) is 2.88. The molecule has 0 spiro atoms. The van der Waals surface area contributed by atoms with E-state index in [0.717, 1.165) is 10.9 Å². The zero-order valence-electron chi connectivity index (χ0n) is 16.5. The molecule has 1 heterocycles. The van der Waals surface area contributed by atoms with Crippen LogP contribution in [0.25, 0.3) is 17.0 Å². The maximum absolute atomic E-state index is 12.7. The summed E-state index contributed by atoms with van der Waals surface area (Å²) < 4.78 is 21.1. The zero-order valence-corrected chi connectivity index (χ0v) is 17.2. The Morgan fingerprint density at radius 3 is 2.21 bits per heavy atom. The monoisotopic (exact) mass is 413 g/mol. The second-order valence-electron chi connectivity index (χ2n) is 6.04. The van der Waals surface area contributed by atoms with Crippen molar-refractivity contribution in [3.05, 3.63) is 58.8 Å². The first kappa shape index (κ1) is 20.5. The Morgan fingerprint density at radius 1 is 0.931 bits per heavy atom. The summed E-state index contributed by atoms with van der Waals surface area (Å²) in [6, 6.07) is 10.5. The van der Waals surface area contributed by atoms with E-state index in [0.29, 0.717) is 39.3 Å². The Balaban J connectivity index is 1.95. The topological polar surface area (TPSA) is 66.9 Å². The first-order valence-corrected chi connectivity index (χ1v) is 9.05. The minimum atomic E-state index is -0.244. The Bertz CT molecular complexity index is 1070. The van der Waals surface area contributed by atoms with Gasteiger partial charge in [0.15, 0.2) is 17.3 Å². The number of aromatic nitrogens is 1. The van der Waals surface area contributed by atoms with E-state index in [4.69, 9.17) is 30.5 Å². The van der Waals surface area contributed by atoms with Gasteiger partial charge >= 0.3 is 0 Å². The lowest BCUT2D eigenvalue weighted by Gasteiger charge is -2.13. The molecule has 2 aromatic carbocycles. The predicted molar refractivity (Wildman–Crippen MR) is 113 cm³/mol. The first-order chi connectivity index (χ1) is 14.0. The number of ketones is 1. The van der Waals surface area contributed by atoms with Crippen LogP contribution in [0.5, 0.6) is 23.0 Å². The van der Waals surface area contributed by atoms with Gasteiger partial charge in [0, 0.05) is 16.5 Å². The van der Waals surface area contributed by atoms with Gasteiger partial charge in [0.2, 0.25) is 5.75 Å². The van der Waals surface area contributed by atoms with Gasteiger partial charge in [-0.1, -0.05) is 11.6 Å². The number of methoxy groups -OCH3 is 4. The molecule has 0 N–H and O–H groups in total. The average Bonchev–Trinajstić information content (AvgIpc) is 2.75. The lowest BCUT2D eigenvalue weighted by molar-refractivity contribution is 0.104. The maximum atomic E-state index is 12.7. The highest BCUT2D eigenvalue weighted by Crippen LogP contribution is 2.38. The summed E-state index contributed by atoms with van der Waals surface area (Å²) in [6.07, 6.45) is 3.05. The Kier molecular flexibility index (Phi) is 6.24. The van der Waals surface area contributed by atoms with Crippen molar-refractivity contribution in [3.8, 4) is 23.0 Å². The highest BCUT2D eigenvalue weighted by atomic mass is 35.5. The second-order valence-corrected chi connectivity index (χ2v) is 6.40. The minimum Gasteiger partial charge on any atom is -0.497 e. The molecule has 0 saturated carbocycles. The number of benzene rings is 2. The Labute approximate surface area is 173 Å². The number of ether oxygens (including phenoxy) is 4. The fraction of sp³-hybridized carbons (Fsp3) is 0.182. The van der Waals surface area contributed by atoms with Crippen LogP contribution in [-0.2, 0) is 0 Å². The van der Waals surface area contributed by atoms with Crippen molar-refractivity contribution in [1.82, 2.24) is 4.98 Å². The van der Waals surface area contributed by atoms with Crippen LogP contribution in [0.4, 0.5) is 0 Å². The molecule has 0 fully saturated rings. The van der Waals surface area contributed by atoms with Crippen LogP contribution in [-0.4, -0.2) is 39.2 Å². The molecule has 0 atom stereocenters. The molecule has 150 valence electrons. The summed E-state index contributed by atoms with van der Waals surface area (Å²) in [5.74, 6) is 1.70. The molecule has 1 aromatic heterocycles. The molecule has 0 aliphatic carbocycles. The predicted octanol–water partition coefficient (Wildman–Crippen LogP) is 4.82. The van der Waals surface area contributed by atoms with Crippen molar-refractivity contribution >= 4 is 34.4 Å². The third-order valence-electron chi connectivity index (χ3n) is 4.37. The zero-order chi connectivity index (χ0) is 21.0. The number of carbonyl (C=O) groups excluding carboxylic acids is 1. The molecule has 0 unspecified atom stereocenters. The van der Waals surface area contributed by atoms with E-state index in [1.54, 1.807) is 25.3 Å². The van der Waals surface area contributed by atoms with Crippen LogP contribution in [0, 0.1) is 0 Å². The number of nitrogens with zero attached hydrogens (tertiary/aromatic N) is 1. The fourth-order valence-corrected chi connectivity index (χ4v) is 3.08. The van der Waals surface area contributed by atoms with Gasteiger partial charge in [-0.05, 0) is 48.6 Å². The summed E-state index contributed by atoms with van der Waals surface area (Å²) in [4.78, 5) is 17.1. The third-order valence-corrected chi connectivity index (χ3v) is 4.67. The van der Waals surface area contributed by atoms with Crippen LogP contribution < -0.4 is 18.9 Å². The first-order valence-electron chi connectivity index (χ1n) is 8.67. The van der Waals surface area contributed by atoms with Gasteiger partial charge in [0.05, 0.1) is 34.0 Å². The van der Waals surface area contributed by atoms with Gasteiger partial charge in [-0.25, -0.2) is 4.98 Å². The molecule has 0 radical (unpaired) electrons. The molecule has 7 heteroatoms. The quantitative estimate of drug-likeness (QED) is 0.314. The number of carbonyl (C=O) groups is 1. The van der Waals surface area contributed by atoms with Crippen molar-refractivity contribution in [3.63, 3.8) is 0 Å². The molecule has 0 aliphatic heterocycles. The number of hydrogen-bond donors (Lipinski definition) is 0. The van der Waals surface area contributed by atoms with Crippen LogP contribution in [0.3, 0.4) is 0 Å². The third kappa shape index (κ3) is 4.27. The van der Waals surface area contributed by atoms with Crippen molar-refractivity contribution in [2.75, 3.05) is 28.4 Å². The van der Waals surface area contributed by atoms with Crippen molar-refractivity contribution in [2.24, 2.45) is 0 Å². The number of halogens is 1. The normalized spacial score (nSPS) is 10.9. The summed E-state index contributed by atoms with van der Waals surface area (Å²) in [5.41, 5.74) is 1.75. The van der Waals surface area contributed by atoms with Crippen LogP contribution in [0.2, 0.25) is 5.15 Å². The van der Waals surface area contributed by atoms with E-state index in [2.05, 4.69) is 4.98 Å². The molecule has 29 heavy (non-hydrogen) atoms. The minimum absolute atomic E-state index is 0.244. The highest BCUT2D eigenvalue weighted by Gasteiger charge is 2.16. The van der Waals surface area contributed by atoms with Crippen molar-refractivity contribution < 1.29 is 23.7 Å². The Hall–Kier alpha value is -3.25. The summed E-state index contributed by atoms with van der Waals surface area (Å²) in [7, 11) is 6.10. The highest BCUT2D eigenvalue weighted by molar-refractivity contribution is 6.31. The SMILES string of the molecule is COc1ccc2nc(Cl)c(/C=C/C(=O)c3cc(OC)c(OC)c(OC)c3)cc2c1. The van der Waals surface area contributed by atoms with E-state index in [9.17, 15) is 4.79 Å². The number of pyridine rings is 1.